The van der Waals surface area contributed by atoms with E-state index >= 15 is 0 Å². The highest BCUT2D eigenvalue weighted by molar-refractivity contribution is 6.58. The fourth-order valence-electron chi connectivity index (χ4n) is 6.44. The van der Waals surface area contributed by atoms with Gasteiger partial charge in [-0.15, -0.1) is 0 Å². The molecule has 2 aliphatic carbocycles. The second kappa shape index (κ2) is 8.07. The number of ether oxygens (including phenoxy) is 2. The molecule has 3 aliphatic rings. The molecule has 35 heavy (non-hydrogen) atoms. The van der Waals surface area contributed by atoms with Crippen LogP contribution in [0.4, 0.5) is 4.39 Å². The highest BCUT2D eigenvalue weighted by Gasteiger charge is 2.68. The topological polar surface area (TPSA) is 69.7 Å². The number of nitrogens with zero attached hydrogens (tertiary/aromatic N) is 2. The summed E-state index contributed by atoms with van der Waals surface area (Å²) in [5, 5.41) is -3.16. The van der Waals surface area contributed by atoms with E-state index in [1.54, 1.807) is 0 Å². The Labute approximate surface area is 216 Å². The standard InChI is InChI=1S/C23H20B5ClFN3O2/c1-11-8-20(5-4-17(11)34-23(26,27)28)9-13-3-2-12(15-7-14(29)10-32-18(15)30)6-16(13)21(20)22(24,25)35-19(31)33-21/h2-3,6-7,10-11,17H,4-5,8-9H2,1H3,(H2,31,33)/t11-,17-,20-,21-/m0/s1. The fourth-order valence-corrected chi connectivity index (χ4v) is 6.60. The minimum Gasteiger partial charge on any atom is -0.476 e. The number of rotatable bonds is 3. The van der Waals surface area contributed by atoms with Crippen molar-refractivity contribution in [2.24, 2.45) is 22.1 Å². The van der Waals surface area contributed by atoms with Crippen LogP contribution in [0.2, 0.25) is 5.02 Å². The van der Waals surface area contributed by atoms with Gasteiger partial charge in [-0.2, -0.15) is 4.39 Å². The van der Waals surface area contributed by atoms with Gasteiger partial charge in [-0.25, -0.2) is 9.98 Å². The Morgan fingerprint density at radius 1 is 1.26 bits per heavy atom. The van der Waals surface area contributed by atoms with Crippen molar-refractivity contribution in [3.05, 3.63) is 52.6 Å². The molecular formula is C23H20B5ClFN3O2. The molecule has 5 nitrogen and oxygen atoms in total. The van der Waals surface area contributed by atoms with Gasteiger partial charge in [0.1, 0.15) is 21.2 Å². The van der Waals surface area contributed by atoms with Crippen LogP contribution in [-0.4, -0.2) is 67.0 Å². The highest BCUT2D eigenvalue weighted by atomic mass is 35.5. The van der Waals surface area contributed by atoms with Crippen molar-refractivity contribution in [1.29, 1.82) is 0 Å². The normalized spacial score (nSPS) is 31.3. The Morgan fingerprint density at radius 2 is 2.00 bits per heavy atom. The van der Waals surface area contributed by atoms with E-state index in [1.807, 2.05) is 25.1 Å². The Balaban J connectivity index is 1.64. The number of halogens is 2. The summed E-state index contributed by atoms with van der Waals surface area (Å²) in [5.41, 5.74) is 6.81. The summed E-state index contributed by atoms with van der Waals surface area (Å²) in [6, 6.07) is 7.01. The van der Waals surface area contributed by atoms with Crippen LogP contribution in [0, 0.1) is 17.3 Å². The summed E-state index contributed by atoms with van der Waals surface area (Å²) >= 11 is 6.09. The minimum absolute atomic E-state index is 0.00756. The van der Waals surface area contributed by atoms with Crippen molar-refractivity contribution >= 4 is 56.9 Å². The first kappa shape index (κ1) is 24.8. The number of aliphatic imine (C=N–C) groups is 1. The first-order chi connectivity index (χ1) is 16.3. The zero-order chi connectivity index (χ0) is 25.4. The smallest absolute Gasteiger partial charge is 0.281 e. The maximum absolute atomic E-state index is 14.6. The van der Waals surface area contributed by atoms with Crippen molar-refractivity contribution < 1.29 is 13.9 Å². The van der Waals surface area contributed by atoms with Crippen LogP contribution in [0.1, 0.15) is 37.3 Å². The van der Waals surface area contributed by atoms with Gasteiger partial charge in [0, 0.05) is 17.2 Å². The third-order valence-electron chi connectivity index (χ3n) is 7.64. The van der Waals surface area contributed by atoms with Crippen molar-refractivity contribution in [3.8, 4) is 11.1 Å². The quantitative estimate of drug-likeness (QED) is 0.540. The molecule has 10 radical (unpaired) electrons. The number of amidine groups is 1. The summed E-state index contributed by atoms with van der Waals surface area (Å²) in [6.45, 7) is 2.03. The molecule has 1 fully saturated rings. The largest absolute Gasteiger partial charge is 0.476 e. The lowest BCUT2D eigenvalue weighted by atomic mass is 9.44. The molecule has 168 valence electrons. The van der Waals surface area contributed by atoms with Gasteiger partial charge in [0.2, 0.25) is 5.95 Å². The zero-order valence-corrected chi connectivity index (χ0v) is 20.1. The Kier molecular flexibility index (Phi) is 5.73. The van der Waals surface area contributed by atoms with Crippen LogP contribution in [-0.2, 0) is 21.4 Å². The van der Waals surface area contributed by atoms with Gasteiger partial charge in [0.25, 0.3) is 6.02 Å². The van der Waals surface area contributed by atoms with E-state index in [0.717, 1.165) is 11.1 Å². The average Bonchev–Trinajstić information content (AvgIpc) is 3.15. The Hall–Kier alpha value is -1.86. The predicted molar refractivity (Wildman–Crippen MR) is 137 cm³/mol. The molecule has 2 spiro atoms. The Bertz CT molecular complexity index is 1230. The maximum Gasteiger partial charge on any atom is 0.281 e. The Morgan fingerprint density at radius 3 is 2.63 bits per heavy atom. The van der Waals surface area contributed by atoms with E-state index in [-0.39, 0.29) is 23.6 Å². The zero-order valence-electron chi connectivity index (χ0n) is 19.3. The van der Waals surface area contributed by atoms with Crippen LogP contribution in [0.15, 0.2) is 35.5 Å². The maximum atomic E-state index is 14.6. The van der Waals surface area contributed by atoms with Gasteiger partial charge in [-0.1, -0.05) is 30.7 Å². The summed E-state index contributed by atoms with van der Waals surface area (Å²) in [6.07, 6.45) is 3.43. The van der Waals surface area contributed by atoms with Crippen molar-refractivity contribution in [2.75, 3.05) is 0 Å². The van der Waals surface area contributed by atoms with E-state index in [4.69, 9.17) is 71.0 Å². The van der Waals surface area contributed by atoms with E-state index < -0.39 is 27.6 Å². The van der Waals surface area contributed by atoms with E-state index in [1.165, 1.54) is 12.3 Å². The van der Waals surface area contributed by atoms with Crippen LogP contribution in [0.5, 0.6) is 0 Å². The molecule has 2 N–H and O–H groups in total. The number of hydrogen-bond acceptors (Lipinski definition) is 5. The van der Waals surface area contributed by atoms with Crippen LogP contribution >= 0.6 is 11.6 Å². The number of benzene rings is 1. The van der Waals surface area contributed by atoms with Crippen LogP contribution in [0.25, 0.3) is 11.1 Å². The molecule has 0 saturated heterocycles. The molecule has 0 amide bonds. The lowest BCUT2D eigenvalue weighted by molar-refractivity contribution is -0.0743. The second-order valence-electron chi connectivity index (χ2n) is 10.1. The molecule has 12 heteroatoms. The monoisotopic (exact) mass is 479 g/mol. The van der Waals surface area contributed by atoms with Crippen LogP contribution < -0.4 is 5.73 Å². The third kappa shape index (κ3) is 3.85. The fraction of sp³-hybridized carbons (Fsp3) is 0.478. The van der Waals surface area contributed by atoms with Crippen LogP contribution in [0.3, 0.4) is 0 Å². The third-order valence-corrected chi connectivity index (χ3v) is 7.85. The molecule has 5 rings (SSSR count). The number of pyridine rings is 1. The lowest BCUT2D eigenvalue weighted by Crippen LogP contribution is -2.60. The summed E-state index contributed by atoms with van der Waals surface area (Å²) in [7, 11) is 30.3. The van der Waals surface area contributed by atoms with E-state index in [0.29, 0.717) is 36.3 Å². The predicted octanol–water partition coefficient (Wildman–Crippen LogP) is 1.94. The van der Waals surface area contributed by atoms with Gasteiger partial charge >= 0.3 is 0 Å². The molecule has 1 aromatic heterocycles. The first-order valence-electron chi connectivity index (χ1n) is 11.4. The van der Waals surface area contributed by atoms with Gasteiger partial charge in [-0.05, 0) is 65.7 Å². The van der Waals surface area contributed by atoms with Gasteiger partial charge in [0.05, 0.1) is 40.1 Å². The number of aromatic nitrogens is 1. The van der Waals surface area contributed by atoms with E-state index in [9.17, 15) is 4.39 Å². The number of nitrogens with two attached hydrogens (primary N) is 1. The van der Waals surface area contributed by atoms with Gasteiger partial charge in [-0.3, -0.25) is 0 Å². The molecule has 2 aromatic rings. The molecule has 0 bridgehead atoms. The lowest BCUT2D eigenvalue weighted by Gasteiger charge is -2.54. The van der Waals surface area contributed by atoms with Crippen molar-refractivity contribution in [3.63, 3.8) is 0 Å². The van der Waals surface area contributed by atoms with Crippen molar-refractivity contribution in [1.82, 2.24) is 4.98 Å². The average molecular weight is 479 g/mol. The molecule has 1 saturated carbocycles. The van der Waals surface area contributed by atoms with E-state index in [2.05, 4.69) is 4.98 Å². The number of fused-ring (bicyclic) bond motifs is 3. The summed E-state index contributed by atoms with van der Waals surface area (Å²) in [4.78, 5) is 8.52. The number of hydrogen-bond donors (Lipinski definition) is 1. The summed E-state index contributed by atoms with van der Waals surface area (Å²) < 4.78 is 26.0. The summed E-state index contributed by atoms with van der Waals surface area (Å²) in [5.74, 6) is -0.652. The molecule has 4 atom stereocenters. The molecule has 1 aliphatic heterocycles. The first-order valence-corrected chi connectivity index (χ1v) is 11.8. The van der Waals surface area contributed by atoms with Crippen molar-refractivity contribution in [2.45, 2.75) is 54.9 Å². The SMILES string of the molecule is [B]C([B])([B])O[C@H]1CC[C@@]2(Cc3ccc(-c4cc(Cl)cnc4F)cc3[C@]23N=C(N)OC3([B])[B])C[C@@H]1C. The molecule has 0 unspecified atom stereocenters. The van der Waals surface area contributed by atoms with Gasteiger partial charge in [0.15, 0.2) is 0 Å². The highest BCUT2D eigenvalue weighted by Crippen LogP contribution is 2.66. The van der Waals surface area contributed by atoms with Gasteiger partial charge < -0.3 is 15.2 Å². The second-order valence-corrected chi connectivity index (χ2v) is 10.5. The molecule has 1 aromatic carbocycles. The molecular weight excluding hydrogens is 459 g/mol. The molecule has 2 heterocycles. The minimum atomic E-state index is -1.74.